The van der Waals surface area contributed by atoms with Crippen LogP contribution in [-0.4, -0.2) is 41.5 Å². The monoisotopic (exact) mass is 463 g/mol. The van der Waals surface area contributed by atoms with E-state index in [-0.39, 0.29) is 23.3 Å². The van der Waals surface area contributed by atoms with Gasteiger partial charge in [-0.05, 0) is 48.6 Å². The van der Waals surface area contributed by atoms with Gasteiger partial charge < -0.3 is 15.0 Å². The van der Waals surface area contributed by atoms with E-state index < -0.39 is 6.04 Å². The Balaban J connectivity index is 1.83. The summed E-state index contributed by atoms with van der Waals surface area (Å²) < 4.78 is 5.16. The highest BCUT2D eigenvalue weighted by atomic mass is 35.5. The normalized spacial score (nSPS) is 16.0. The number of benzene rings is 2. The average Bonchev–Trinajstić information content (AvgIpc) is 2.92. The fourth-order valence-corrected chi connectivity index (χ4v) is 4.01. The molecule has 6 nitrogen and oxygen atoms in total. The van der Waals surface area contributed by atoms with E-state index in [0.29, 0.717) is 33.7 Å². The molecule has 156 valence electrons. The molecular formula is C21H19Cl2N3O3S. The number of carbonyl (C=O) groups excluding carboxylic acids is 2. The van der Waals surface area contributed by atoms with E-state index >= 15 is 0 Å². The predicted octanol–water partition coefficient (Wildman–Crippen LogP) is 4.52. The lowest BCUT2D eigenvalue weighted by Gasteiger charge is -2.22. The Kier molecular flexibility index (Phi) is 6.97. The first-order valence-corrected chi connectivity index (χ1v) is 10.2. The first-order valence-electron chi connectivity index (χ1n) is 9.00. The second-order valence-corrected chi connectivity index (χ2v) is 7.70. The van der Waals surface area contributed by atoms with Crippen molar-refractivity contribution in [3.63, 3.8) is 0 Å². The van der Waals surface area contributed by atoms with E-state index in [1.54, 1.807) is 53.4 Å². The Morgan fingerprint density at radius 3 is 2.70 bits per heavy atom. The van der Waals surface area contributed by atoms with Gasteiger partial charge in [-0.15, -0.1) is 6.58 Å². The minimum atomic E-state index is -0.768. The van der Waals surface area contributed by atoms with E-state index in [2.05, 4.69) is 11.9 Å². The van der Waals surface area contributed by atoms with Crippen LogP contribution in [0.2, 0.25) is 10.0 Å². The van der Waals surface area contributed by atoms with E-state index in [0.717, 1.165) is 0 Å². The topological polar surface area (TPSA) is 61.9 Å². The van der Waals surface area contributed by atoms with Gasteiger partial charge in [-0.25, -0.2) is 0 Å². The van der Waals surface area contributed by atoms with Crippen molar-refractivity contribution in [3.8, 4) is 5.75 Å². The number of hydrogen-bond acceptors (Lipinski definition) is 4. The fraction of sp³-hybridized carbons (Fsp3) is 0.190. The van der Waals surface area contributed by atoms with E-state index in [4.69, 9.17) is 40.2 Å². The van der Waals surface area contributed by atoms with Crippen molar-refractivity contribution in [3.05, 3.63) is 65.2 Å². The summed E-state index contributed by atoms with van der Waals surface area (Å²) in [5.74, 6) is -0.162. The first kappa shape index (κ1) is 22.1. The van der Waals surface area contributed by atoms with Crippen molar-refractivity contribution in [1.29, 1.82) is 0 Å². The van der Waals surface area contributed by atoms with Gasteiger partial charge in [-0.3, -0.25) is 14.5 Å². The van der Waals surface area contributed by atoms with Crippen molar-refractivity contribution < 1.29 is 14.3 Å². The SMILES string of the molecule is C=CCN1C(=S)N(c2ccc(OC)c(Cl)c2)C(=O)C1CC(=O)Nc1cccc(Cl)c1. The highest BCUT2D eigenvalue weighted by Gasteiger charge is 2.43. The Bertz CT molecular complexity index is 1010. The molecule has 0 saturated carbocycles. The third-order valence-corrected chi connectivity index (χ3v) is 5.47. The Labute approximate surface area is 190 Å². The molecule has 0 bridgehead atoms. The lowest BCUT2D eigenvalue weighted by Crippen LogP contribution is -2.37. The third-order valence-electron chi connectivity index (χ3n) is 4.53. The van der Waals surface area contributed by atoms with Gasteiger partial charge in [-0.1, -0.05) is 35.3 Å². The summed E-state index contributed by atoms with van der Waals surface area (Å²) >= 11 is 17.7. The number of amides is 2. The Hall–Kier alpha value is -2.61. The minimum absolute atomic E-state index is 0.0836. The third kappa shape index (κ3) is 4.59. The molecule has 1 unspecified atom stereocenters. The summed E-state index contributed by atoms with van der Waals surface area (Å²) in [4.78, 5) is 28.8. The first-order chi connectivity index (χ1) is 14.3. The van der Waals surface area contributed by atoms with E-state index in [1.165, 1.54) is 12.0 Å². The van der Waals surface area contributed by atoms with Gasteiger partial charge in [0, 0.05) is 17.3 Å². The van der Waals surface area contributed by atoms with Gasteiger partial charge in [0.2, 0.25) is 5.91 Å². The zero-order valence-electron chi connectivity index (χ0n) is 16.1. The summed E-state index contributed by atoms with van der Waals surface area (Å²) in [5.41, 5.74) is 1.05. The van der Waals surface area contributed by atoms with Crippen LogP contribution in [-0.2, 0) is 9.59 Å². The lowest BCUT2D eigenvalue weighted by atomic mass is 10.1. The van der Waals surface area contributed by atoms with Gasteiger partial charge in [0.05, 0.1) is 24.2 Å². The molecule has 2 aromatic carbocycles. The zero-order valence-corrected chi connectivity index (χ0v) is 18.4. The summed E-state index contributed by atoms with van der Waals surface area (Å²) in [7, 11) is 1.51. The molecule has 0 spiro atoms. The zero-order chi connectivity index (χ0) is 21.8. The molecule has 2 aromatic rings. The number of methoxy groups -OCH3 is 1. The van der Waals surface area contributed by atoms with Crippen LogP contribution in [0.4, 0.5) is 11.4 Å². The van der Waals surface area contributed by atoms with Crippen molar-refractivity contribution in [2.45, 2.75) is 12.5 Å². The highest BCUT2D eigenvalue weighted by Crippen LogP contribution is 2.33. The van der Waals surface area contributed by atoms with E-state index in [1.807, 2.05) is 0 Å². The molecule has 30 heavy (non-hydrogen) atoms. The van der Waals surface area contributed by atoms with Gasteiger partial charge >= 0.3 is 0 Å². The fourth-order valence-electron chi connectivity index (χ4n) is 3.17. The van der Waals surface area contributed by atoms with Crippen LogP contribution in [0.1, 0.15) is 6.42 Å². The van der Waals surface area contributed by atoms with Crippen LogP contribution < -0.4 is 15.0 Å². The molecule has 1 saturated heterocycles. The van der Waals surface area contributed by atoms with Gasteiger partial charge in [0.1, 0.15) is 11.8 Å². The standard InChI is InChI=1S/C21H19Cl2N3O3S/c1-3-9-25-17(12-19(27)24-14-6-4-5-13(22)10-14)20(28)26(21(25)30)15-7-8-18(29-2)16(23)11-15/h3-8,10-11,17H,1,9,12H2,2H3,(H,24,27). The predicted molar refractivity (Wildman–Crippen MR) is 123 cm³/mol. The second kappa shape index (κ2) is 9.47. The minimum Gasteiger partial charge on any atom is -0.495 e. The number of thiocarbonyl (C=S) groups is 1. The average molecular weight is 464 g/mol. The number of carbonyl (C=O) groups is 2. The molecule has 0 radical (unpaired) electrons. The summed E-state index contributed by atoms with van der Waals surface area (Å²) in [5, 5.41) is 3.89. The van der Waals surface area contributed by atoms with Crippen LogP contribution in [0.25, 0.3) is 0 Å². The van der Waals surface area contributed by atoms with Gasteiger partial charge in [0.25, 0.3) is 5.91 Å². The molecule has 1 atom stereocenters. The molecule has 1 N–H and O–H groups in total. The molecule has 2 amide bonds. The Morgan fingerprint density at radius 1 is 1.30 bits per heavy atom. The van der Waals surface area contributed by atoms with E-state index in [9.17, 15) is 9.59 Å². The molecule has 9 heteroatoms. The molecule has 1 fully saturated rings. The van der Waals surface area contributed by atoms with Crippen LogP contribution >= 0.6 is 35.4 Å². The molecule has 3 rings (SSSR count). The lowest BCUT2D eigenvalue weighted by molar-refractivity contribution is -0.124. The second-order valence-electron chi connectivity index (χ2n) is 6.49. The summed E-state index contributed by atoms with van der Waals surface area (Å²) in [6.07, 6.45) is 1.55. The molecule has 0 aromatic heterocycles. The van der Waals surface area contributed by atoms with Crippen LogP contribution in [0.5, 0.6) is 5.75 Å². The molecular weight excluding hydrogens is 445 g/mol. The maximum absolute atomic E-state index is 13.2. The van der Waals surface area contributed by atoms with Crippen LogP contribution in [0, 0.1) is 0 Å². The van der Waals surface area contributed by atoms with Crippen molar-refractivity contribution in [1.82, 2.24) is 4.90 Å². The number of ether oxygens (including phenoxy) is 1. The number of hydrogen-bond donors (Lipinski definition) is 1. The van der Waals surface area contributed by atoms with Crippen molar-refractivity contribution in [2.24, 2.45) is 0 Å². The summed E-state index contributed by atoms with van der Waals surface area (Å²) in [6.45, 7) is 4.04. The maximum atomic E-state index is 13.2. The van der Waals surface area contributed by atoms with Gasteiger partial charge in [-0.2, -0.15) is 0 Å². The quantitative estimate of drug-likeness (QED) is 0.483. The number of rotatable bonds is 7. The Morgan fingerprint density at radius 2 is 2.07 bits per heavy atom. The molecule has 0 aliphatic carbocycles. The maximum Gasteiger partial charge on any atom is 0.256 e. The number of nitrogens with one attached hydrogen (secondary N) is 1. The molecule has 1 heterocycles. The van der Waals surface area contributed by atoms with Crippen molar-refractivity contribution in [2.75, 3.05) is 23.9 Å². The van der Waals surface area contributed by atoms with Gasteiger partial charge in [0.15, 0.2) is 5.11 Å². The van der Waals surface area contributed by atoms with Crippen molar-refractivity contribution >= 4 is 63.7 Å². The molecule has 1 aliphatic heterocycles. The number of halogens is 2. The largest absolute Gasteiger partial charge is 0.495 e. The summed E-state index contributed by atoms with van der Waals surface area (Å²) in [6, 6.07) is 11.0. The molecule has 1 aliphatic rings. The number of nitrogens with zero attached hydrogens (tertiary/aromatic N) is 2. The van der Waals surface area contributed by atoms with Crippen LogP contribution in [0.15, 0.2) is 55.1 Å². The highest BCUT2D eigenvalue weighted by molar-refractivity contribution is 7.80. The number of anilines is 2. The smallest absolute Gasteiger partial charge is 0.256 e. The van der Waals surface area contributed by atoms with Crippen LogP contribution in [0.3, 0.4) is 0 Å².